The molecular formula is C39H46F3NO5S. The summed E-state index contributed by atoms with van der Waals surface area (Å²) in [6, 6.07) is 13.9. The summed E-state index contributed by atoms with van der Waals surface area (Å²) in [5.74, 6) is -0.888. The van der Waals surface area contributed by atoms with Crippen LogP contribution in [0.5, 0.6) is 0 Å². The van der Waals surface area contributed by atoms with Crippen molar-refractivity contribution in [3.8, 4) is 0 Å². The number of ether oxygens (including phenoxy) is 1. The van der Waals surface area contributed by atoms with Crippen molar-refractivity contribution in [1.29, 1.82) is 0 Å². The number of fused-ring (bicyclic) bond motifs is 8. The van der Waals surface area contributed by atoms with E-state index in [0.29, 0.717) is 69.0 Å². The maximum absolute atomic E-state index is 14.2. The lowest BCUT2D eigenvalue weighted by Crippen LogP contribution is -2.54. The standard InChI is InChI=1S/C39H46F3NO5S/c1-4-48-36(46)43(20-17-31-11-7-21-49-31)25-38(47)19-16-34-32-15-13-27(22-30(44)14-12-26(2)8-6-18-37(34,38)3)23-33(32)35(45)28-9-5-10-29(24-28)39(40,41)42/h5,7-11,13,15,21,23-24,30,34,44,47H,4,6,12,14,16-20,22,25H2,1-3H3. The Labute approximate surface area is 290 Å². The number of alkyl halides is 3. The fourth-order valence-electron chi connectivity index (χ4n) is 7.65. The Balaban J connectivity index is 1.59. The molecule has 2 N–H and O–H groups in total. The van der Waals surface area contributed by atoms with Gasteiger partial charge in [-0.3, -0.25) is 4.79 Å². The molecule has 6 rings (SSSR count). The molecule has 0 saturated heterocycles. The van der Waals surface area contributed by atoms with Crippen LogP contribution in [0.25, 0.3) is 0 Å². The smallest absolute Gasteiger partial charge is 0.416 e. The van der Waals surface area contributed by atoms with Gasteiger partial charge in [-0.05, 0) is 112 Å². The van der Waals surface area contributed by atoms with E-state index in [-0.39, 0.29) is 30.2 Å². The molecule has 6 nitrogen and oxygen atoms in total. The summed E-state index contributed by atoms with van der Waals surface area (Å²) in [7, 11) is 0. The van der Waals surface area contributed by atoms with Crippen molar-refractivity contribution in [2.75, 3.05) is 19.7 Å². The van der Waals surface area contributed by atoms with Crippen LogP contribution in [0.15, 0.2) is 71.6 Å². The van der Waals surface area contributed by atoms with Crippen LogP contribution in [-0.4, -0.2) is 58.4 Å². The highest BCUT2D eigenvalue weighted by atomic mass is 32.1. The third-order valence-electron chi connectivity index (χ3n) is 10.6. The number of allylic oxidation sites excluding steroid dienone is 2. The van der Waals surface area contributed by atoms with Gasteiger partial charge in [0.05, 0.1) is 30.4 Å². The number of aliphatic hydroxyl groups is 2. The number of halogens is 3. The molecule has 49 heavy (non-hydrogen) atoms. The van der Waals surface area contributed by atoms with Crippen molar-refractivity contribution in [2.45, 2.75) is 95.9 Å². The number of hydrogen-bond acceptors (Lipinski definition) is 6. The number of rotatable bonds is 8. The molecule has 0 radical (unpaired) electrons. The van der Waals surface area contributed by atoms with Crippen LogP contribution < -0.4 is 0 Å². The minimum absolute atomic E-state index is 0.0358. The quantitative estimate of drug-likeness (QED) is 0.182. The number of benzene rings is 2. The summed E-state index contributed by atoms with van der Waals surface area (Å²) >= 11 is 1.60. The highest BCUT2D eigenvalue weighted by Crippen LogP contribution is 2.59. The van der Waals surface area contributed by atoms with E-state index >= 15 is 0 Å². The van der Waals surface area contributed by atoms with Crippen molar-refractivity contribution in [3.05, 3.63) is 104 Å². The number of thiophene rings is 1. The number of aliphatic hydroxyl groups excluding tert-OH is 1. The lowest BCUT2D eigenvalue weighted by Gasteiger charge is -2.46. The Kier molecular flexibility index (Phi) is 11.4. The van der Waals surface area contributed by atoms with E-state index in [9.17, 15) is 33.0 Å². The SMILES string of the molecule is CCOC(=O)N(CCc1cccs1)CC1(O)CCC2c3ccc(cc3C(=O)c3cccc(C(F)(F)F)c3)CC(O)CCC(C)=CCCC21C. The van der Waals surface area contributed by atoms with Crippen molar-refractivity contribution in [1.82, 2.24) is 4.90 Å². The topological polar surface area (TPSA) is 87.1 Å². The Morgan fingerprint density at radius 2 is 1.88 bits per heavy atom. The van der Waals surface area contributed by atoms with Gasteiger partial charge in [0.1, 0.15) is 0 Å². The Bertz CT molecular complexity index is 1650. The summed E-state index contributed by atoms with van der Waals surface area (Å²) in [6.45, 7) is 6.38. The first-order chi connectivity index (χ1) is 23.2. The molecule has 264 valence electrons. The summed E-state index contributed by atoms with van der Waals surface area (Å²) < 4.78 is 46.5. The van der Waals surface area contributed by atoms with Crippen LogP contribution in [0.2, 0.25) is 0 Å². The van der Waals surface area contributed by atoms with Crippen molar-refractivity contribution in [2.24, 2.45) is 5.41 Å². The van der Waals surface area contributed by atoms with Gasteiger partial charge in [-0.2, -0.15) is 13.2 Å². The van der Waals surface area contributed by atoms with Gasteiger partial charge in [0, 0.05) is 28.0 Å². The first-order valence-electron chi connectivity index (χ1n) is 17.1. The largest absolute Gasteiger partial charge is 0.450 e. The molecule has 2 bridgehead atoms. The summed E-state index contributed by atoms with van der Waals surface area (Å²) in [5.41, 5.74) is -0.400. The molecule has 0 spiro atoms. The van der Waals surface area contributed by atoms with Crippen molar-refractivity contribution in [3.63, 3.8) is 0 Å². The average molecular weight is 698 g/mol. The highest BCUT2D eigenvalue weighted by Gasteiger charge is 2.57. The van der Waals surface area contributed by atoms with E-state index in [4.69, 9.17) is 4.74 Å². The van der Waals surface area contributed by atoms with Gasteiger partial charge in [-0.1, -0.05) is 48.9 Å². The predicted molar refractivity (Wildman–Crippen MR) is 185 cm³/mol. The van der Waals surface area contributed by atoms with Gasteiger partial charge in [-0.25, -0.2) is 4.79 Å². The summed E-state index contributed by atoms with van der Waals surface area (Å²) in [5, 5.41) is 25.6. The number of amides is 1. The minimum atomic E-state index is -4.61. The first-order valence-corrected chi connectivity index (χ1v) is 18.0. The predicted octanol–water partition coefficient (Wildman–Crippen LogP) is 8.74. The Morgan fingerprint density at radius 3 is 2.59 bits per heavy atom. The zero-order chi connectivity index (χ0) is 35.4. The van der Waals surface area contributed by atoms with Crippen LogP contribution in [0.4, 0.5) is 18.0 Å². The Hall–Kier alpha value is -3.47. The second-order valence-electron chi connectivity index (χ2n) is 13.8. The first kappa shape index (κ1) is 36.8. The number of nitrogens with zero attached hydrogens (tertiary/aromatic N) is 1. The van der Waals surface area contributed by atoms with Crippen LogP contribution in [0, 0.1) is 5.41 Å². The maximum atomic E-state index is 14.2. The molecule has 3 aliphatic rings. The van der Waals surface area contributed by atoms with Gasteiger partial charge in [0.2, 0.25) is 0 Å². The van der Waals surface area contributed by atoms with Gasteiger partial charge >= 0.3 is 12.3 Å². The number of ketones is 1. The van der Waals surface area contributed by atoms with E-state index in [2.05, 4.69) is 6.08 Å². The van der Waals surface area contributed by atoms with Gasteiger partial charge in [-0.15, -0.1) is 11.3 Å². The van der Waals surface area contributed by atoms with Gasteiger partial charge < -0.3 is 19.8 Å². The molecule has 3 aromatic rings. The lowest BCUT2D eigenvalue weighted by molar-refractivity contribution is -0.137. The van der Waals surface area contributed by atoms with E-state index in [1.807, 2.05) is 43.5 Å². The molecule has 1 amide bonds. The van der Waals surface area contributed by atoms with Gasteiger partial charge in [0.25, 0.3) is 0 Å². The minimum Gasteiger partial charge on any atom is -0.450 e. The highest BCUT2D eigenvalue weighted by molar-refractivity contribution is 7.09. The Morgan fingerprint density at radius 1 is 1.08 bits per heavy atom. The number of carbonyl (C=O) groups is 2. The molecule has 10 heteroatoms. The molecule has 1 saturated carbocycles. The fraction of sp³-hybridized carbons (Fsp3) is 0.487. The van der Waals surface area contributed by atoms with Gasteiger partial charge in [0.15, 0.2) is 5.78 Å². The number of hydrogen-bond donors (Lipinski definition) is 2. The fourth-order valence-corrected chi connectivity index (χ4v) is 8.35. The molecule has 4 unspecified atom stereocenters. The summed E-state index contributed by atoms with van der Waals surface area (Å²) in [6.07, 6.45) is 0.482. The van der Waals surface area contributed by atoms with Crippen molar-refractivity contribution >= 4 is 23.2 Å². The van der Waals surface area contributed by atoms with Crippen LogP contribution in [-0.2, 0) is 23.8 Å². The molecular weight excluding hydrogens is 651 g/mol. The third-order valence-corrected chi connectivity index (χ3v) is 11.5. The van der Waals surface area contributed by atoms with Crippen molar-refractivity contribution < 1.29 is 37.7 Å². The summed E-state index contributed by atoms with van der Waals surface area (Å²) in [4.78, 5) is 30.2. The van der Waals surface area contributed by atoms with E-state index in [1.165, 1.54) is 12.1 Å². The lowest BCUT2D eigenvalue weighted by atomic mass is 9.64. The molecule has 0 aliphatic heterocycles. The molecule has 2 aromatic carbocycles. The second kappa shape index (κ2) is 15.2. The van der Waals surface area contributed by atoms with Crippen LogP contribution in [0.1, 0.15) is 103 Å². The molecule has 1 heterocycles. The van der Waals surface area contributed by atoms with Crippen LogP contribution in [0.3, 0.4) is 0 Å². The average Bonchev–Trinajstić information content (AvgIpc) is 3.67. The molecule has 1 fully saturated rings. The zero-order valence-corrected chi connectivity index (χ0v) is 29.2. The van der Waals surface area contributed by atoms with E-state index < -0.39 is 40.7 Å². The molecule has 1 aromatic heterocycles. The van der Waals surface area contributed by atoms with Crippen LogP contribution >= 0.6 is 11.3 Å². The third kappa shape index (κ3) is 8.30. The zero-order valence-electron chi connectivity index (χ0n) is 28.4. The molecule has 3 aliphatic carbocycles. The van der Waals surface area contributed by atoms with E-state index in [1.54, 1.807) is 29.2 Å². The van der Waals surface area contributed by atoms with E-state index in [0.717, 1.165) is 22.6 Å². The number of carbonyl (C=O) groups excluding carboxylic acids is 2. The monoisotopic (exact) mass is 697 g/mol. The molecule has 4 atom stereocenters. The normalized spacial score (nSPS) is 24.5. The second-order valence-corrected chi connectivity index (χ2v) is 14.8. The maximum Gasteiger partial charge on any atom is 0.416 e.